The van der Waals surface area contributed by atoms with Crippen LogP contribution in [-0.4, -0.2) is 83.7 Å². The number of β-amino-alcohol motifs (C(OH)–C–C–N with tert-alkyl or cyclic N) is 1. The van der Waals surface area contributed by atoms with Gasteiger partial charge in [0, 0.05) is 53.1 Å². The van der Waals surface area contributed by atoms with Gasteiger partial charge in [-0.1, -0.05) is 102 Å². The Kier molecular flexibility index (Phi) is 15.8. The van der Waals surface area contributed by atoms with Gasteiger partial charge in [-0.25, -0.2) is 0 Å². The lowest BCUT2D eigenvalue weighted by molar-refractivity contribution is -0.164. The van der Waals surface area contributed by atoms with Crippen molar-refractivity contribution in [1.82, 2.24) is 20.9 Å². The standard InChI is InChI=1S/C48H61Cl2N5O7/c1-29(31-17-20-34(49)21-18-31)52-42(59)38-24-35(56)27-55(38)43(60)40(46(2,3)4)53-39(57)28-61-23-11-9-10-12-30-13-15-32(16-14-30)41(58)54-44-47(5,6)45(48(44,7)8)62-36-22-19-33(26-51)37(50)25-36/h13-22,25,29,35,38,40,44-45,56H,9-12,23-24,27-28H2,1-8H3,(H,52,59)(H,53,57)(H,54,58)/t29-,35+,38-,40?,44-,45-/m0/s1. The molecular weight excluding hydrogens is 829 g/mol. The number of carbonyl (C=O) groups is 4. The molecule has 0 bridgehead atoms. The van der Waals surface area contributed by atoms with E-state index in [-0.39, 0.29) is 60.4 Å². The SMILES string of the molecule is C[C@H](NC(=O)[C@@H]1C[C@@H](O)CN1C(=O)C(NC(=O)COCCCCCc1ccc(C(=O)N[C@H]2C(C)(C)[C@H](Oc3ccc(C#N)c(Cl)c3)C2(C)C)cc1)C(C)(C)C)c1ccc(Cl)cc1. The number of nitrogens with one attached hydrogen (secondary N) is 3. The van der Waals surface area contributed by atoms with Crippen molar-refractivity contribution in [3.05, 3.63) is 99.0 Å². The average Bonchev–Trinajstić information content (AvgIpc) is 3.61. The van der Waals surface area contributed by atoms with Gasteiger partial charge in [-0.3, -0.25) is 19.2 Å². The molecular formula is C48H61Cl2N5O7. The first-order valence-electron chi connectivity index (χ1n) is 21.3. The topological polar surface area (TPSA) is 170 Å². The molecule has 1 aliphatic carbocycles. The van der Waals surface area contributed by atoms with E-state index in [1.165, 1.54) is 4.90 Å². The zero-order chi connectivity index (χ0) is 45.6. The summed E-state index contributed by atoms with van der Waals surface area (Å²) in [6, 6.07) is 19.5. The Balaban J connectivity index is 1.02. The largest absolute Gasteiger partial charge is 0.489 e. The number of unbranched alkanes of at least 4 members (excludes halogenated alkanes) is 2. The van der Waals surface area contributed by atoms with Gasteiger partial charge in [0.15, 0.2) is 0 Å². The van der Waals surface area contributed by atoms with Gasteiger partial charge in [0.1, 0.15) is 36.6 Å². The number of aryl methyl sites for hydroxylation is 1. The monoisotopic (exact) mass is 889 g/mol. The van der Waals surface area contributed by atoms with Crippen LogP contribution >= 0.6 is 23.2 Å². The molecule has 4 N–H and O–H groups in total. The summed E-state index contributed by atoms with van der Waals surface area (Å²) in [4.78, 5) is 55.1. The van der Waals surface area contributed by atoms with E-state index < -0.39 is 35.4 Å². The van der Waals surface area contributed by atoms with Crippen LogP contribution in [0.5, 0.6) is 5.75 Å². The molecule has 2 aliphatic rings. The summed E-state index contributed by atoms with van der Waals surface area (Å²) in [5.41, 5.74) is 1.49. The number of hydrogen-bond acceptors (Lipinski definition) is 8. The molecule has 62 heavy (non-hydrogen) atoms. The molecule has 1 aliphatic heterocycles. The minimum absolute atomic E-state index is 0.0147. The van der Waals surface area contributed by atoms with Crippen LogP contribution in [0.25, 0.3) is 0 Å². The summed E-state index contributed by atoms with van der Waals surface area (Å²) >= 11 is 12.2. The zero-order valence-corrected chi connectivity index (χ0v) is 38.5. The molecule has 5 rings (SSSR count). The number of likely N-dealkylation sites (tertiary alicyclic amines) is 1. The highest BCUT2D eigenvalue weighted by Gasteiger charge is 2.64. The predicted octanol–water partition coefficient (Wildman–Crippen LogP) is 7.58. The molecule has 4 atom stereocenters. The van der Waals surface area contributed by atoms with Gasteiger partial charge >= 0.3 is 0 Å². The highest BCUT2D eigenvalue weighted by atomic mass is 35.5. The van der Waals surface area contributed by atoms with Gasteiger partial charge in [-0.2, -0.15) is 5.26 Å². The third kappa shape index (κ3) is 11.7. The molecule has 3 aromatic rings. The molecule has 0 aromatic heterocycles. The quantitative estimate of drug-likeness (QED) is 0.101. The van der Waals surface area contributed by atoms with Gasteiger partial charge in [0.05, 0.1) is 22.7 Å². The maximum absolute atomic E-state index is 13.9. The number of benzene rings is 3. The van der Waals surface area contributed by atoms with Crippen LogP contribution in [0.15, 0.2) is 66.7 Å². The first kappa shape index (κ1) is 48.4. The molecule has 2 fully saturated rings. The first-order valence-corrected chi connectivity index (χ1v) is 22.1. The summed E-state index contributed by atoms with van der Waals surface area (Å²) in [6.07, 6.45) is 2.35. The maximum Gasteiger partial charge on any atom is 0.251 e. The number of ether oxygens (including phenoxy) is 2. The summed E-state index contributed by atoms with van der Waals surface area (Å²) in [5, 5.41) is 29.6. The normalized spacial score (nSPS) is 21.2. The molecule has 14 heteroatoms. The number of nitrogens with zero attached hydrogens (tertiary/aromatic N) is 2. The highest BCUT2D eigenvalue weighted by molar-refractivity contribution is 6.31. The van der Waals surface area contributed by atoms with Crippen molar-refractivity contribution in [3.8, 4) is 11.8 Å². The van der Waals surface area contributed by atoms with E-state index in [2.05, 4.69) is 49.7 Å². The molecule has 12 nitrogen and oxygen atoms in total. The zero-order valence-electron chi connectivity index (χ0n) is 37.0. The Bertz CT molecular complexity index is 2100. The van der Waals surface area contributed by atoms with Gasteiger partial charge < -0.3 is 35.4 Å². The molecule has 0 radical (unpaired) electrons. The van der Waals surface area contributed by atoms with E-state index >= 15 is 0 Å². The minimum atomic E-state index is -0.948. The first-order chi connectivity index (χ1) is 29.1. The minimum Gasteiger partial charge on any atom is -0.489 e. The fourth-order valence-corrected chi connectivity index (χ4v) is 9.31. The Hall–Kier alpha value is -4.67. The van der Waals surface area contributed by atoms with E-state index in [9.17, 15) is 29.5 Å². The van der Waals surface area contributed by atoms with Crippen LogP contribution in [0, 0.1) is 27.6 Å². The van der Waals surface area contributed by atoms with Crippen LogP contribution in [-0.2, 0) is 25.5 Å². The number of amides is 4. The van der Waals surface area contributed by atoms with E-state index in [0.29, 0.717) is 33.5 Å². The third-order valence-electron chi connectivity index (χ3n) is 12.1. The second-order valence-electron chi connectivity index (χ2n) is 18.9. The van der Waals surface area contributed by atoms with Crippen LogP contribution in [0.4, 0.5) is 0 Å². The molecule has 3 aromatic carbocycles. The second kappa shape index (κ2) is 20.2. The summed E-state index contributed by atoms with van der Waals surface area (Å²) in [6.45, 7) is 15.8. The Labute approximate surface area is 376 Å². The van der Waals surface area contributed by atoms with E-state index in [0.717, 1.165) is 36.8 Å². The fraction of sp³-hybridized carbons (Fsp3) is 0.521. The molecule has 1 saturated heterocycles. The number of carbonyl (C=O) groups excluding carboxylic acids is 4. The predicted molar refractivity (Wildman–Crippen MR) is 240 cm³/mol. The van der Waals surface area contributed by atoms with Crippen LogP contribution in [0.1, 0.15) is 114 Å². The summed E-state index contributed by atoms with van der Waals surface area (Å²) in [5.74, 6) is -0.826. The number of nitriles is 1. The van der Waals surface area contributed by atoms with Crippen molar-refractivity contribution in [3.63, 3.8) is 0 Å². The molecule has 1 heterocycles. The van der Waals surface area contributed by atoms with Crippen LogP contribution < -0.4 is 20.7 Å². The van der Waals surface area contributed by atoms with Crippen molar-refractivity contribution in [2.24, 2.45) is 16.2 Å². The van der Waals surface area contributed by atoms with E-state index in [1.54, 1.807) is 30.3 Å². The molecule has 0 spiro atoms. The lowest BCUT2D eigenvalue weighted by atomic mass is 9.49. The number of aliphatic hydroxyl groups is 1. The highest BCUT2D eigenvalue weighted by Crippen LogP contribution is 2.55. The number of halogens is 2. The van der Waals surface area contributed by atoms with E-state index in [1.807, 2.05) is 64.1 Å². The third-order valence-corrected chi connectivity index (χ3v) is 12.7. The molecule has 4 amide bonds. The van der Waals surface area contributed by atoms with Gasteiger partial charge in [-0.15, -0.1) is 0 Å². The van der Waals surface area contributed by atoms with Crippen LogP contribution in [0.2, 0.25) is 10.0 Å². The number of rotatable bonds is 17. The van der Waals surface area contributed by atoms with Crippen molar-refractivity contribution in [1.29, 1.82) is 5.26 Å². The summed E-state index contributed by atoms with van der Waals surface area (Å²) < 4.78 is 12.0. The Morgan fingerprint density at radius 2 is 1.60 bits per heavy atom. The average molecular weight is 891 g/mol. The van der Waals surface area contributed by atoms with Gasteiger partial charge in [0.2, 0.25) is 17.7 Å². The van der Waals surface area contributed by atoms with Gasteiger partial charge in [0.25, 0.3) is 5.91 Å². The van der Waals surface area contributed by atoms with Crippen LogP contribution in [0.3, 0.4) is 0 Å². The van der Waals surface area contributed by atoms with Crippen molar-refractivity contribution < 1.29 is 33.8 Å². The second-order valence-corrected chi connectivity index (χ2v) is 19.7. The summed E-state index contributed by atoms with van der Waals surface area (Å²) in [7, 11) is 0. The Morgan fingerprint density at radius 3 is 2.21 bits per heavy atom. The molecule has 1 saturated carbocycles. The molecule has 1 unspecified atom stereocenters. The van der Waals surface area contributed by atoms with Crippen molar-refractivity contribution in [2.75, 3.05) is 19.8 Å². The van der Waals surface area contributed by atoms with Crippen molar-refractivity contribution >= 4 is 46.8 Å². The lowest BCUT2D eigenvalue weighted by Crippen LogP contribution is -2.74. The van der Waals surface area contributed by atoms with E-state index in [4.69, 9.17) is 32.7 Å². The lowest BCUT2D eigenvalue weighted by Gasteiger charge is -2.63. The fourth-order valence-electron chi connectivity index (χ4n) is 8.98. The van der Waals surface area contributed by atoms with Crippen molar-refractivity contribution in [2.45, 2.75) is 124 Å². The number of hydrogen-bond donors (Lipinski definition) is 4. The Morgan fingerprint density at radius 1 is 0.935 bits per heavy atom. The number of aliphatic hydroxyl groups excluding tert-OH is 1. The smallest absolute Gasteiger partial charge is 0.251 e. The maximum atomic E-state index is 13.9. The molecule has 334 valence electrons. The van der Waals surface area contributed by atoms with Gasteiger partial charge in [-0.05, 0) is 79.1 Å².